The van der Waals surface area contributed by atoms with Crippen LogP contribution in [-0.2, 0) is 0 Å². The van der Waals surface area contributed by atoms with Gasteiger partial charge in [-0.05, 0) is 32.1 Å². The van der Waals surface area contributed by atoms with Gasteiger partial charge in [-0.3, -0.25) is 0 Å². The van der Waals surface area contributed by atoms with Crippen molar-refractivity contribution >= 4 is 17.2 Å². The third-order valence-electron chi connectivity index (χ3n) is 3.80. The van der Waals surface area contributed by atoms with Crippen molar-refractivity contribution in [3.63, 3.8) is 0 Å². The molecular formula is C15H27NS. The van der Waals surface area contributed by atoms with Crippen LogP contribution in [0.2, 0.25) is 0 Å². The second-order valence-corrected chi connectivity index (χ2v) is 5.97. The molecule has 2 atom stereocenters. The van der Waals surface area contributed by atoms with Crippen LogP contribution in [0.25, 0.3) is 0 Å². The molecule has 1 rings (SSSR count). The molecule has 2 heteroatoms. The van der Waals surface area contributed by atoms with Gasteiger partial charge in [0.15, 0.2) is 0 Å². The van der Waals surface area contributed by atoms with Gasteiger partial charge < -0.3 is 4.90 Å². The molecule has 1 aliphatic rings. The fraction of sp³-hybridized carbons (Fsp3) is 0.800. The lowest BCUT2D eigenvalue weighted by molar-refractivity contribution is 0.395. The van der Waals surface area contributed by atoms with Crippen molar-refractivity contribution in [3.05, 3.63) is 12.3 Å². The van der Waals surface area contributed by atoms with E-state index in [1.54, 1.807) is 0 Å². The predicted molar refractivity (Wildman–Crippen MR) is 80.2 cm³/mol. The Morgan fingerprint density at radius 2 is 2.24 bits per heavy atom. The van der Waals surface area contributed by atoms with Gasteiger partial charge in [-0.1, -0.05) is 51.9 Å². The molecule has 1 saturated heterocycles. The molecule has 1 nitrogen and oxygen atoms in total. The highest BCUT2D eigenvalue weighted by molar-refractivity contribution is 7.80. The molecule has 1 fully saturated rings. The molecule has 0 aromatic carbocycles. The zero-order valence-electron chi connectivity index (χ0n) is 11.7. The van der Waals surface area contributed by atoms with Crippen LogP contribution >= 0.6 is 12.2 Å². The zero-order chi connectivity index (χ0) is 12.8. The molecule has 0 amide bonds. The molecule has 0 aliphatic carbocycles. The summed E-state index contributed by atoms with van der Waals surface area (Å²) in [7, 11) is 0. The second kappa shape index (κ2) is 7.15. The molecule has 0 bridgehead atoms. The minimum absolute atomic E-state index is 0.570. The Labute approximate surface area is 112 Å². The summed E-state index contributed by atoms with van der Waals surface area (Å²) in [5.41, 5.74) is 1.24. The zero-order valence-corrected chi connectivity index (χ0v) is 12.5. The summed E-state index contributed by atoms with van der Waals surface area (Å²) in [5.74, 6) is 0.818. The topological polar surface area (TPSA) is 3.24 Å². The number of hydrogen-bond donors (Lipinski definition) is 0. The van der Waals surface area contributed by atoms with Crippen molar-refractivity contribution in [3.8, 4) is 0 Å². The minimum Gasteiger partial charge on any atom is -0.338 e. The van der Waals surface area contributed by atoms with Crippen LogP contribution in [0.15, 0.2) is 12.3 Å². The molecule has 1 heterocycles. The third kappa shape index (κ3) is 4.42. The predicted octanol–water partition coefficient (Wildman–Crippen LogP) is 4.92. The molecule has 0 aromatic heterocycles. The molecule has 0 spiro atoms. The Morgan fingerprint density at radius 1 is 1.53 bits per heavy atom. The van der Waals surface area contributed by atoms with Crippen molar-refractivity contribution in [2.24, 2.45) is 5.92 Å². The number of hydrogen-bond acceptors (Lipinski definition) is 1. The summed E-state index contributed by atoms with van der Waals surface area (Å²) in [6.45, 7) is 11.1. The van der Waals surface area contributed by atoms with E-state index in [1.807, 2.05) is 0 Å². The van der Waals surface area contributed by atoms with E-state index < -0.39 is 0 Å². The van der Waals surface area contributed by atoms with Gasteiger partial charge in [-0.25, -0.2) is 0 Å². The average Bonchev–Trinajstić information content (AvgIpc) is 2.63. The molecule has 98 valence electrons. The van der Waals surface area contributed by atoms with E-state index in [-0.39, 0.29) is 0 Å². The summed E-state index contributed by atoms with van der Waals surface area (Å²) >= 11 is 5.41. The molecule has 17 heavy (non-hydrogen) atoms. The van der Waals surface area contributed by atoms with Crippen LogP contribution in [0.3, 0.4) is 0 Å². The lowest BCUT2D eigenvalue weighted by Crippen LogP contribution is -2.28. The van der Waals surface area contributed by atoms with E-state index in [9.17, 15) is 0 Å². The van der Waals surface area contributed by atoms with Gasteiger partial charge in [-0.2, -0.15) is 0 Å². The van der Waals surface area contributed by atoms with Gasteiger partial charge in [-0.15, -0.1) is 0 Å². The highest BCUT2D eigenvalue weighted by Crippen LogP contribution is 2.27. The molecule has 1 aliphatic heterocycles. The summed E-state index contributed by atoms with van der Waals surface area (Å²) in [4.78, 5) is 3.39. The third-order valence-corrected chi connectivity index (χ3v) is 4.20. The van der Waals surface area contributed by atoms with Gasteiger partial charge in [0.05, 0.1) is 4.99 Å². The van der Waals surface area contributed by atoms with Crippen LogP contribution in [0.4, 0.5) is 0 Å². The monoisotopic (exact) mass is 253 g/mol. The van der Waals surface area contributed by atoms with Gasteiger partial charge in [0, 0.05) is 18.2 Å². The van der Waals surface area contributed by atoms with E-state index in [2.05, 4.69) is 32.3 Å². The summed E-state index contributed by atoms with van der Waals surface area (Å²) in [6.07, 6.45) is 8.64. The standard InChI is InChI=1S/C15H27NS/c1-5-6-7-12(2)8-9-13(3)16-14(4)10-11-15(16)17/h12,14H,3,5-11H2,1-2,4H3. The quantitative estimate of drug-likeness (QED) is 0.593. The highest BCUT2D eigenvalue weighted by atomic mass is 32.1. The van der Waals surface area contributed by atoms with Crippen LogP contribution < -0.4 is 0 Å². The van der Waals surface area contributed by atoms with Crippen molar-refractivity contribution in [2.75, 3.05) is 0 Å². The van der Waals surface area contributed by atoms with Gasteiger partial charge in [0.2, 0.25) is 0 Å². The molecule has 0 N–H and O–H groups in total. The van der Waals surface area contributed by atoms with Crippen LogP contribution in [0, 0.1) is 5.92 Å². The van der Waals surface area contributed by atoms with Gasteiger partial charge in [0.1, 0.15) is 0 Å². The van der Waals surface area contributed by atoms with E-state index in [1.165, 1.54) is 37.8 Å². The van der Waals surface area contributed by atoms with Crippen molar-refractivity contribution in [1.29, 1.82) is 0 Å². The number of nitrogens with zero attached hydrogens (tertiary/aromatic N) is 1. The molecular weight excluding hydrogens is 226 g/mol. The SMILES string of the molecule is C=C(CCC(C)CCCC)N1C(=S)CCC1C. The number of likely N-dealkylation sites (tertiary alicyclic amines) is 1. The first-order chi connectivity index (χ1) is 8.06. The number of thiocarbonyl (C=S) groups is 1. The molecule has 0 radical (unpaired) electrons. The Bertz CT molecular complexity index is 272. The summed E-state index contributed by atoms with van der Waals surface area (Å²) in [6, 6.07) is 0.570. The maximum atomic E-state index is 5.41. The Kier molecular flexibility index (Phi) is 6.18. The summed E-state index contributed by atoms with van der Waals surface area (Å²) in [5, 5.41) is 0. The van der Waals surface area contributed by atoms with Gasteiger partial charge >= 0.3 is 0 Å². The smallest absolute Gasteiger partial charge is 0.0824 e. The lowest BCUT2D eigenvalue weighted by atomic mass is 9.98. The highest BCUT2D eigenvalue weighted by Gasteiger charge is 2.26. The van der Waals surface area contributed by atoms with E-state index in [0.29, 0.717) is 6.04 Å². The second-order valence-electron chi connectivity index (χ2n) is 5.50. The number of allylic oxidation sites excluding steroid dienone is 1. The van der Waals surface area contributed by atoms with Crippen molar-refractivity contribution < 1.29 is 0 Å². The number of rotatable bonds is 7. The van der Waals surface area contributed by atoms with Crippen LogP contribution in [0.1, 0.15) is 65.7 Å². The van der Waals surface area contributed by atoms with E-state index in [0.717, 1.165) is 23.7 Å². The van der Waals surface area contributed by atoms with Crippen LogP contribution in [0.5, 0.6) is 0 Å². The first-order valence-corrected chi connectivity index (χ1v) is 7.46. The fourth-order valence-corrected chi connectivity index (χ4v) is 2.97. The van der Waals surface area contributed by atoms with E-state index >= 15 is 0 Å². The van der Waals surface area contributed by atoms with Crippen molar-refractivity contribution in [1.82, 2.24) is 4.90 Å². The maximum absolute atomic E-state index is 5.41. The maximum Gasteiger partial charge on any atom is 0.0824 e. The normalized spacial score (nSPS) is 21.9. The van der Waals surface area contributed by atoms with E-state index in [4.69, 9.17) is 12.2 Å². The minimum atomic E-state index is 0.570. The Morgan fingerprint density at radius 3 is 2.76 bits per heavy atom. The number of unbranched alkanes of at least 4 members (excludes halogenated alkanes) is 1. The molecule has 2 unspecified atom stereocenters. The lowest BCUT2D eigenvalue weighted by Gasteiger charge is -2.26. The fourth-order valence-electron chi connectivity index (χ4n) is 2.55. The molecule has 0 aromatic rings. The van der Waals surface area contributed by atoms with Crippen molar-refractivity contribution in [2.45, 2.75) is 71.8 Å². The van der Waals surface area contributed by atoms with Crippen LogP contribution in [-0.4, -0.2) is 15.9 Å². The Balaban J connectivity index is 2.31. The molecule has 0 saturated carbocycles. The Hall–Kier alpha value is -0.370. The average molecular weight is 253 g/mol. The largest absolute Gasteiger partial charge is 0.338 e. The summed E-state index contributed by atoms with van der Waals surface area (Å²) < 4.78 is 0. The first kappa shape index (κ1) is 14.7. The van der Waals surface area contributed by atoms with Gasteiger partial charge in [0.25, 0.3) is 0 Å². The first-order valence-electron chi connectivity index (χ1n) is 7.06.